The second kappa shape index (κ2) is 5.59. The lowest BCUT2D eigenvalue weighted by Gasteiger charge is -1.88. The van der Waals surface area contributed by atoms with Crippen LogP contribution in [0.3, 0.4) is 0 Å². The Labute approximate surface area is 94.4 Å². The number of nitrogens with zero attached hydrogens (tertiary/aromatic N) is 2. The molecular weight excluding hydrogens is 232 g/mol. The Balaban J connectivity index is 0.000000330. The van der Waals surface area contributed by atoms with E-state index >= 15 is 0 Å². The molecule has 0 spiro atoms. The second-order valence-electron chi connectivity index (χ2n) is 2.80. The summed E-state index contributed by atoms with van der Waals surface area (Å²) < 4.78 is 37.0. The van der Waals surface area contributed by atoms with Crippen LogP contribution in [0.4, 0.5) is 0 Å². The molecule has 2 rings (SSSR count). The lowest BCUT2D eigenvalue weighted by atomic mass is 10.5. The number of imidazole rings is 1. The highest BCUT2D eigenvalue weighted by molar-refractivity contribution is 7.79. The zero-order chi connectivity index (χ0) is 11.5. The molecule has 0 saturated carbocycles. The van der Waals surface area contributed by atoms with Crippen LogP contribution in [0.2, 0.25) is 0 Å². The summed E-state index contributed by atoms with van der Waals surface area (Å²) >= 11 is 0. The van der Waals surface area contributed by atoms with Crippen LogP contribution in [0.5, 0.6) is 0 Å². The van der Waals surface area contributed by atoms with Crippen LogP contribution >= 0.6 is 0 Å². The van der Waals surface area contributed by atoms with Gasteiger partial charge in [0.05, 0.1) is 13.2 Å². The predicted octanol–water partition coefficient (Wildman–Crippen LogP) is 0.405. The largest absolute Gasteiger partial charge is 0.726 e. The molecule has 90 valence electrons. The Kier molecular flexibility index (Phi) is 5.09. The minimum atomic E-state index is -4.92. The van der Waals surface area contributed by atoms with Crippen molar-refractivity contribution in [3.8, 4) is 0 Å². The van der Waals surface area contributed by atoms with Gasteiger partial charge in [0, 0.05) is 6.07 Å². The van der Waals surface area contributed by atoms with Crippen molar-refractivity contribution in [2.45, 2.75) is 7.43 Å². The summed E-state index contributed by atoms with van der Waals surface area (Å²) in [5, 5.41) is 0. The molecule has 0 saturated heterocycles. The third-order valence-corrected chi connectivity index (χ3v) is 1.68. The van der Waals surface area contributed by atoms with Crippen molar-refractivity contribution in [1.82, 2.24) is 4.40 Å². The van der Waals surface area contributed by atoms with Gasteiger partial charge in [-0.3, -0.25) is 4.55 Å². The fourth-order valence-corrected chi connectivity index (χ4v) is 1.12. The zero-order valence-electron chi connectivity index (χ0n) is 7.94. The maximum absolute atomic E-state index is 8.63. The molecule has 0 amide bonds. The van der Waals surface area contributed by atoms with E-state index in [0.717, 1.165) is 0 Å². The Morgan fingerprint density at radius 3 is 2.44 bits per heavy atom. The Morgan fingerprint density at radius 1 is 1.38 bits per heavy atom. The van der Waals surface area contributed by atoms with Gasteiger partial charge >= 0.3 is 0 Å². The fourth-order valence-electron chi connectivity index (χ4n) is 1.12. The average Bonchev–Trinajstić information content (AvgIpc) is 2.46. The molecule has 2 aromatic rings. The first-order valence-corrected chi connectivity index (χ1v) is 5.34. The summed E-state index contributed by atoms with van der Waals surface area (Å²) in [6.07, 6.45) is 6.11. The van der Waals surface area contributed by atoms with Crippen LogP contribution in [0.25, 0.3) is 5.65 Å². The molecule has 0 radical (unpaired) electrons. The van der Waals surface area contributed by atoms with E-state index in [1.54, 1.807) is 0 Å². The first kappa shape index (κ1) is 14.6. The second-order valence-corrected chi connectivity index (χ2v) is 3.66. The Hall–Kier alpha value is -1.44. The lowest BCUT2D eigenvalue weighted by molar-refractivity contribution is -0.644. The van der Waals surface area contributed by atoms with Crippen molar-refractivity contribution in [3.63, 3.8) is 0 Å². The van der Waals surface area contributed by atoms with Gasteiger partial charge in [-0.2, -0.15) is 0 Å². The van der Waals surface area contributed by atoms with Gasteiger partial charge < -0.3 is 4.55 Å². The molecular formula is C9H14N2O4S. The standard InChI is InChI=1S/C8H9N2.CH4.H2O4S/c1-9-6-7-10-5-3-2-4-8(9)10;;1-5(2,3)4/h2-7H,1H3;1H4;(H2,1,2,3,4)/q+1;;/p-1. The molecule has 0 bridgehead atoms. The van der Waals surface area contributed by atoms with Crippen LogP contribution < -0.4 is 4.57 Å². The van der Waals surface area contributed by atoms with E-state index in [0.29, 0.717) is 0 Å². The van der Waals surface area contributed by atoms with E-state index in [4.69, 9.17) is 17.5 Å². The van der Waals surface area contributed by atoms with Crippen LogP contribution in [-0.4, -0.2) is 21.9 Å². The fraction of sp³-hybridized carbons (Fsp3) is 0.222. The molecule has 0 unspecified atom stereocenters. The quantitative estimate of drug-likeness (QED) is 0.414. The smallest absolute Gasteiger partial charge is 0.285 e. The van der Waals surface area contributed by atoms with Gasteiger partial charge in [0.1, 0.15) is 12.4 Å². The molecule has 0 aliphatic heterocycles. The maximum Gasteiger partial charge on any atom is 0.285 e. The van der Waals surface area contributed by atoms with Gasteiger partial charge in [-0.25, -0.2) is 17.4 Å². The highest BCUT2D eigenvalue weighted by Gasteiger charge is 2.00. The van der Waals surface area contributed by atoms with Crippen molar-refractivity contribution < 1.29 is 22.1 Å². The Bertz CT molecular complexity index is 539. The molecule has 1 N–H and O–H groups in total. The predicted molar refractivity (Wildman–Crippen MR) is 57.6 cm³/mol. The SMILES string of the molecule is C.C[n+]1ccn2ccccc21.O=S(=O)([O-])O. The molecule has 0 fully saturated rings. The maximum atomic E-state index is 8.63. The summed E-state index contributed by atoms with van der Waals surface area (Å²) in [6, 6.07) is 6.14. The molecule has 2 aromatic heterocycles. The molecule has 2 heterocycles. The van der Waals surface area contributed by atoms with E-state index in [2.05, 4.69) is 15.0 Å². The molecule has 16 heavy (non-hydrogen) atoms. The number of pyridine rings is 1. The van der Waals surface area contributed by atoms with Crippen LogP contribution in [-0.2, 0) is 17.4 Å². The third-order valence-electron chi connectivity index (χ3n) is 1.68. The van der Waals surface area contributed by atoms with Gasteiger partial charge in [0.15, 0.2) is 0 Å². The van der Waals surface area contributed by atoms with Crippen molar-refractivity contribution in [1.29, 1.82) is 0 Å². The van der Waals surface area contributed by atoms with E-state index in [9.17, 15) is 0 Å². The minimum absolute atomic E-state index is 0. The van der Waals surface area contributed by atoms with E-state index in [1.807, 2.05) is 37.8 Å². The van der Waals surface area contributed by atoms with Crippen LogP contribution in [0.15, 0.2) is 36.8 Å². The molecule has 0 atom stereocenters. The average molecular weight is 246 g/mol. The van der Waals surface area contributed by atoms with Gasteiger partial charge in [-0.1, -0.05) is 13.5 Å². The number of rotatable bonds is 0. The Morgan fingerprint density at radius 2 is 1.94 bits per heavy atom. The van der Waals surface area contributed by atoms with Crippen molar-refractivity contribution >= 4 is 16.0 Å². The molecule has 0 aliphatic rings. The van der Waals surface area contributed by atoms with Crippen molar-refractivity contribution in [2.75, 3.05) is 0 Å². The summed E-state index contributed by atoms with van der Waals surface area (Å²) in [4.78, 5) is 0. The normalized spacial score (nSPS) is 10.2. The number of fused-ring (bicyclic) bond motifs is 1. The third kappa shape index (κ3) is 4.87. The number of aryl methyl sites for hydroxylation is 1. The highest BCUT2D eigenvalue weighted by Crippen LogP contribution is 1.94. The number of aromatic nitrogens is 2. The van der Waals surface area contributed by atoms with Gasteiger partial charge in [0.2, 0.25) is 10.4 Å². The van der Waals surface area contributed by atoms with Gasteiger partial charge in [-0.15, -0.1) is 0 Å². The van der Waals surface area contributed by atoms with E-state index < -0.39 is 10.4 Å². The van der Waals surface area contributed by atoms with Crippen LogP contribution in [0, 0.1) is 0 Å². The number of hydrogen-bond donors (Lipinski definition) is 1. The monoisotopic (exact) mass is 246 g/mol. The summed E-state index contributed by atoms with van der Waals surface area (Å²) in [7, 11) is -2.88. The summed E-state index contributed by atoms with van der Waals surface area (Å²) in [6.45, 7) is 0. The van der Waals surface area contributed by atoms with E-state index in [1.165, 1.54) is 5.65 Å². The van der Waals surface area contributed by atoms with Crippen LogP contribution in [0.1, 0.15) is 7.43 Å². The number of hydrogen-bond acceptors (Lipinski definition) is 3. The van der Waals surface area contributed by atoms with Gasteiger partial charge in [0.25, 0.3) is 5.65 Å². The molecule has 7 heteroatoms. The minimum Gasteiger partial charge on any atom is -0.726 e. The van der Waals surface area contributed by atoms with Gasteiger partial charge in [-0.05, 0) is 6.07 Å². The van der Waals surface area contributed by atoms with E-state index in [-0.39, 0.29) is 7.43 Å². The molecule has 6 nitrogen and oxygen atoms in total. The highest BCUT2D eigenvalue weighted by atomic mass is 32.3. The first-order valence-electron chi connectivity index (χ1n) is 3.97. The topological polar surface area (TPSA) is 85.7 Å². The zero-order valence-corrected chi connectivity index (χ0v) is 8.76. The van der Waals surface area contributed by atoms with Crippen molar-refractivity contribution in [2.24, 2.45) is 7.05 Å². The summed E-state index contributed by atoms with van der Waals surface area (Å²) in [5.74, 6) is 0. The van der Waals surface area contributed by atoms with Crippen molar-refractivity contribution in [3.05, 3.63) is 36.8 Å². The molecule has 0 aromatic carbocycles. The lowest BCUT2D eigenvalue weighted by Crippen LogP contribution is -2.25. The molecule has 0 aliphatic carbocycles. The summed E-state index contributed by atoms with van der Waals surface area (Å²) in [5.41, 5.74) is 1.21. The first-order chi connectivity index (χ1) is 6.88.